The maximum Gasteiger partial charge on any atom is 0.139 e. The van der Waals surface area contributed by atoms with Gasteiger partial charge in [-0.3, -0.25) is 4.79 Å². The first-order valence-corrected chi connectivity index (χ1v) is 9.25. The van der Waals surface area contributed by atoms with Crippen molar-refractivity contribution in [3.63, 3.8) is 0 Å². The SMILES string of the molecule is CC12C[C@@H](O)C3C(CC[C@H]4CC(O)CCC34C)C1CCC2=O. The number of carbonyl (C=O) groups excluding carboxylic acids is 1. The van der Waals surface area contributed by atoms with Crippen LogP contribution in [0.5, 0.6) is 0 Å². The van der Waals surface area contributed by atoms with Gasteiger partial charge >= 0.3 is 0 Å². The second kappa shape index (κ2) is 4.80. The van der Waals surface area contributed by atoms with Crippen molar-refractivity contribution in [3.8, 4) is 0 Å². The molecule has 0 amide bonds. The Morgan fingerprint density at radius 1 is 1.09 bits per heavy atom. The molecule has 0 aromatic carbocycles. The molecule has 22 heavy (non-hydrogen) atoms. The Balaban J connectivity index is 1.69. The van der Waals surface area contributed by atoms with Gasteiger partial charge < -0.3 is 10.2 Å². The molecule has 0 bridgehead atoms. The van der Waals surface area contributed by atoms with Gasteiger partial charge in [0.25, 0.3) is 0 Å². The van der Waals surface area contributed by atoms with E-state index in [4.69, 9.17) is 0 Å². The van der Waals surface area contributed by atoms with Gasteiger partial charge in [0.2, 0.25) is 0 Å². The van der Waals surface area contributed by atoms with Gasteiger partial charge in [-0.1, -0.05) is 13.8 Å². The zero-order valence-electron chi connectivity index (χ0n) is 13.9. The van der Waals surface area contributed by atoms with E-state index in [0.29, 0.717) is 35.9 Å². The molecular formula is C19H30O3. The van der Waals surface area contributed by atoms with E-state index in [2.05, 4.69) is 13.8 Å². The molecule has 0 aromatic rings. The van der Waals surface area contributed by atoms with E-state index in [1.165, 1.54) is 6.42 Å². The van der Waals surface area contributed by atoms with Gasteiger partial charge in [0.1, 0.15) is 5.78 Å². The summed E-state index contributed by atoms with van der Waals surface area (Å²) >= 11 is 0. The highest BCUT2D eigenvalue weighted by Gasteiger charge is 2.63. The molecule has 3 heteroatoms. The first kappa shape index (κ1) is 15.1. The van der Waals surface area contributed by atoms with Gasteiger partial charge in [-0.2, -0.15) is 0 Å². The van der Waals surface area contributed by atoms with Gasteiger partial charge in [0, 0.05) is 11.8 Å². The average molecular weight is 306 g/mol. The van der Waals surface area contributed by atoms with Crippen LogP contribution in [0.1, 0.15) is 65.2 Å². The Bertz CT molecular complexity index is 489. The molecule has 4 aliphatic rings. The molecule has 0 aromatic heterocycles. The zero-order valence-corrected chi connectivity index (χ0v) is 13.9. The lowest BCUT2D eigenvalue weighted by atomic mass is 9.44. The Morgan fingerprint density at radius 3 is 2.64 bits per heavy atom. The summed E-state index contributed by atoms with van der Waals surface area (Å²) in [6.07, 6.45) is 7.08. The molecule has 6 unspecified atom stereocenters. The maximum atomic E-state index is 12.4. The van der Waals surface area contributed by atoms with Crippen molar-refractivity contribution < 1.29 is 15.0 Å². The third kappa shape index (κ3) is 1.84. The smallest absolute Gasteiger partial charge is 0.139 e. The molecule has 0 heterocycles. The summed E-state index contributed by atoms with van der Waals surface area (Å²) in [6, 6.07) is 0. The topological polar surface area (TPSA) is 57.5 Å². The van der Waals surface area contributed by atoms with E-state index in [0.717, 1.165) is 38.5 Å². The van der Waals surface area contributed by atoms with E-state index < -0.39 is 0 Å². The maximum absolute atomic E-state index is 12.4. The molecule has 0 aliphatic heterocycles. The summed E-state index contributed by atoms with van der Waals surface area (Å²) in [4.78, 5) is 12.4. The van der Waals surface area contributed by atoms with Crippen LogP contribution in [0.15, 0.2) is 0 Å². The zero-order chi connectivity index (χ0) is 15.7. The molecule has 0 spiro atoms. The number of hydrogen-bond acceptors (Lipinski definition) is 3. The molecule has 4 rings (SSSR count). The normalized spacial score (nSPS) is 57.9. The molecular weight excluding hydrogens is 276 g/mol. The van der Waals surface area contributed by atoms with Crippen molar-refractivity contribution in [2.75, 3.05) is 0 Å². The fraction of sp³-hybridized carbons (Fsp3) is 0.947. The third-order valence-corrected chi connectivity index (χ3v) is 8.28. The van der Waals surface area contributed by atoms with Crippen LogP contribution < -0.4 is 0 Å². The number of Topliss-reactive ketones (excluding diaryl/α,β-unsaturated/α-hetero) is 1. The van der Waals surface area contributed by atoms with Gasteiger partial charge in [-0.15, -0.1) is 0 Å². The minimum Gasteiger partial charge on any atom is -0.393 e. The molecule has 4 saturated carbocycles. The summed E-state index contributed by atoms with van der Waals surface area (Å²) in [5.41, 5.74) is -0.105. The molecule has 4 aliphatic carbocycles. The lowest BCUT2D eigenvalue weighted by Gasteiger charge is -2.61. The van der Waals surface area contributed by atoms with Gasteiger partial charge in [0.15, 0.2) is 0 Å². The van der Waals surface area contributed by atoms with Gasteiger partial charge in [0.05, 0.1) is 12.2 Å². The number of fused-ring (bicyclic) bond motifs is 5. The van der Waals surface area contributed by atoms with Crippen molar-refractivity contribution in [2.24, 2.45) is 34.5 Å². The van der Waals surface area contributed by atoms with Crippen molar-refractivity contribution in [3.05, 3.63) is 0 Å². The molecule has 4 fully saturated rings. The predicted molar refractivity (Wildman–Crippen MR) is 84.1 cm³/mol. The lowest BCUT2D eigenvalue weighted by Crippen LogP contribution is -2.59. The molecule has 0 saturated heterocycles. The lowest BCUT2D eigenvalue weighted by molar-refractivity contribution is -0.175. The second-order valence-electron chi connectivity index (χ2n) is 9.16. The molecule has 3 nitrogen and oxygen atoms in total. The summed E-state index contributed by atoms with van der Waals surface area (Å²) in [7, 11) is 0. The number of rotatable bonds is 0. The van der Waals surface area contributed by atoms with E-state index >= 15 is 0 Å². The number of ketones is 1. The summed E-state index contributed by atoms with van der Waals surface area (Å²) < 4.78 is 0. The first-order chi connectivity index (χ1) is 10.4. The van der Waals surface area contributed by atoms with Gasteiger partial charge in [-0.05, 0) is 74.0 Å². The van der Waals surface area contributed by atoms with Crippen LogP contribution in [-0.4, -0.2) is 28.2 Å². The van der Waals surface area contributed by atoms with Crippen molar-refractivity contribution in [1.82, 2.24) is 0 Å². The fourth-order valence-corrected chi connectivity index (χ4v) is 7.13. The highest BCUT2D eigenvalue weighted by atomic mass is 16.3. The number of aliphatic hydroxyl groups excluding tert-OH is 2. The Morgan fingerprint density at radius 2 is 1.86 bits per heavy atom. The van der Waals surface area contributed by atoms with Crippen LogP contribution in [0.25, 0.3) is 0 Å². The van der Waals surface area contributed by atoms with Crippen LogP contribution in [0.3, 0.4) is 0 Å². The van der Waals surface area contributed by atoms with E-state index in [-0.39, 0.29) is 23.0 Å². The molecule has 0 radical (unpaired) electrons. The molecule has 8 atom stereocenters. The highest BCUT2D eigenvalue weighted by molar-refractivity contribution is 5.87. The van der Waals surface area contributed by atoms with Crippen LogP contribution in [0.4, 0.5) is 0 Å². The van der Waals surface area contributed by atoms with Crippen molar-refractivity contribution >= 4 is 5.78 Å². The number of hydrogen-bond donors (Lipinski definition) is 2. The summed E-state index contributed by atoms with van der Waals surface area (Å²) in [5.74, 6) is 2.27. The van der Waals surface area contributed by atoms with Gasteiger partial charge in [-0.25, -0.2) is 0 Å². The highest BCUT2D eigenvalue weighted by Crippen LogP contribution is 2.65. The standard InChI is InChI=1S/C19H30O3/c1-18-8-7-12(20)9-11(18)3-4-13-14-5-6-16(22)19(14,2)10-15(21)17(13)18/h11-15,17,20-21H,3-10H2,1-2H3/t11-,12?,13?,14?,15+,17?,18?,19?/m0/s1. The van der Waals surface area contributed by atoms with E-state index in [1.54, 1.807) is 0 Å². The first-order valence-electron chi connectivity index (χ1n) is 9.25. The quantitative estimate of drug-likeness (QED) is 0.723. The van der Waals surface area contributed by atoms with Crippen molar-refractivity contribution in [2.45, 2.75) is 77.4 Å². The monoisotopic (exact) mass is 306 g/mol. The number of aliphatic hydroxyl groups is 2. The summed E-state index contributed by atoms with van der Waals surface area (Å²) in [6.45, 7) is 4.48. The Labute approximate surface area is 133 Å². The second-order valence-corrected chi connectivity index (χ2v) is 9.16. The summed E-state index contributed by atoms with van der Waals surface area (Å²) in [5, 5.41) is 21.0. The van der Waals surface area contributed by atoms with Crippen molar-refractivity contribution in [1.29, 1.82) is 0 Å². The molecule has 124 valence electrons. The Hall–Kier alpha value is -0.410. The van der Waals surface area contributed by atoms with Crippen LogP contribution in [0, 0.1) is 34.5 Å². The minimum atomic E-state index is -0.337. The minimum absolute atomic E-state index is 0.145. The number of carbonyl (C=O) groups is 1. The average Bonchev–Trinajstić information content (AvgIpc) is 2.75. The van der Waals surface area contributed by atoms with E-state index in [1.807, 2.05) is 0 Å². The third-order valence-electron chi connectivity index (χ3n) is 8.28. The predicted octanol–water partition coefficient (Wildman–Crippen LogP) is 2.93. The molecule has 2 N–H and O–H groups in total. The Kier molecular flexibility index (Phi) is 3.30. The van der Waals surface area contributed by atoms with Crippen LogP contribution in [0.2, 0.25) is 0 Å². The van der Waals surface area contributed by atoms with Crippen LogP contribution >= 0.6 is 0 Å². The van der Waals surface area contributed by atoms with E-state index in [9.17, 15) is 15.0 Å². The fourth-order valence-electron chi connectivity index (χ4n) is 7.13. The largest absolute Gasteiger partial charge is 0.393 e. The van der Waals surface area contributed by atoms with Crippen LogP contribution in [-0.2, 0) is 4.79 Å².